The van der Waals surface area contributed by atoms with Crippen molar-refractivity contribution in [2.75, 3.05) is 11.5 Å². The average molecular weight is 477 g/mol. The lowest BCUT2D eigenvalue weighted by Gasteiger charge is -2.37. The maximum absolute atomic E-state index is 15.4. The molecule has 3 aromatic rings. The summed E-state index contributed by atoms with van der Waals surface area (Å²) in [4.78, 5) is 12.9. The van der Waals surface area contributed by atoms with Crippen LogP contribution in [0.3, 0.4) is 0 Å². The summed E-state index contributed by atoms with van der Waals surface area (Å²) in [6.07, 6.45) is -1.47. The number of halogens is 2. The van der Waals surface area contributed by atoms with E-state index in [2.05, 4.69) is 5.10 Å². The number of fused-ring (bicyclic) bond motifs is 1. The largest absolute Gasteiger partial charge is 0.461 e. The normalized spacial score (nSPS) is 17.7. The van der Waals surface area contributed by atoms with Gasteiger partial charge >= 0.3 is 0 Å². The Morgan fingerprint density at radius 2 is 1.91 bits per heavy atom. The lowest BCUT2D eigenvalue weighted by Crippen LogP contribution is -2.47. The van der Waals surface area contributed by atoms with E-state index in [0.717, 1.165) is 0 Å². The first kappa shape index (κ1) is 23.4. The van der Waals surface area contributed by atoms with Crippen LogP contribution in [0.15, 0.2) is 36.4 Å². The van der Waals surface area contributed by atoms with Crippen LogP contribution in [0.1, 0.15) is 50.5 Å². The molecule has 0 saturated carbocycles. The van der Waals surface area contributed by atoms with E-state index in [-0.39, 0.29) is 40.7 Å². The molecule has 1 saturated heterocycles. The monoisotopic (exact) mass is 476 g/mol. The van der Waals surface area contributed by atoms with Gasteiger partial charge in [0.15, 0.2) is 15.6 Å². The van der Waals surface area contributed by atoms with Crippen LogP contribution < -0.4 is 4.74 Å². The zero-order valence-electron chi connectivity index (χ0n) is 18.9. The number of rotatable bonds is 7. The van der Waals surface area contributed by atoms with Gasteiger partial charge < -0.3 is 4.74 Å². The second-order valence-corrected chi connectivity index (χ2v) is 11.4. The Kier molecular flexibility index (Phi) is 5.80. The van der Waals surface area contributed by atoms with Crippen molar-refractivity contribution < 1.29 is 26.7 Å². The molecule has 0 N–H and O–H groups in total. The van der Waals surface area contributed by atoms with Gasteiger partial charge in [-0.3, -0.25) is 9.48 Å². The molecule has 1 aliphatic rings. The first-order valence-corrected chi connectivity index (χ1v) is 12.6. The lowest BCUT2D eigenvalue weighted by molar-refractivity contribution is 0.0860. The van der Waals surface area contributed by atoms with Crippen LogP contribution in [-0.4, -0.2) is 41.8 Å². The van der Waals surface area contributed by atoms with Crippen molar-refractivity contribution in [1.82, 2.24) is 9.78 Å². The Morgan fingerprint density at radius 1 is 1.21 bits per heavy atom. The third-order valence-electron chi connectivity index (χ3n) is 5.70. The van der Waals surface area contributed by atoms with Gasteiger partial charge in [0.05, 0.1) is 22.4 Å². The number of ether oxygens (including phenoxy) is 1. The smallest absolute Gasteiger partial charge is 0.235 e. The average Bonchev–Trinajstić information content (AvgIpc) is 3.06. The van der Waals surface area contributed by atoms with E-state index in [1.807, 2.05) is 13.8 Å². The number of Topliss-reactive ketones (excluding diaryl/α,β-unsaturated/α-hetero) is 1. The zero-order valence-corrected chi connectivity index (χ0v) is 19.7. The predicted molar refractivity (Wildman–Crippen MR) is 122 cm³/mol. The summed E-state index contributed by atoms with van der Waals surface area (Å²) in [5, 5.41) is 4.85. The molecule has 1 aromatic heterocycles. The molecular weight excluding hydrogens is 450 g/mol. The number of carbonyl (C=O) groups is 1. The second kappa shape index (κ2) is 8.20. The second-order valence-electron chi connectivity index (χ2n) is 9.37. The topological polar surface area (TPSA) is 78.3 Å². The molecule has 2 aromatic carbocycles. The predicted octanol–water partition coefficient (Wildman–Crippen LogP) is 5.13. The van der Waals surface area contributed by atoms with Crippen molar-refractivity contribution in [3.63, 3.8) is 0 Å². The minimum Gasteiger partial charge on any atom is -0.461 e. The highest BCUT2D eigenvalue weighted by molar-refractivity contribution is 7.92. The molecule has 0 radical (unpaired) electrons. The number of sulfone groups is 1. The van der Waals surface area contributed by atoms with E-state index in [9.17, 15) is 17.6 Å². The Hall–Kier alpha value is -2.81. The lowest BCUT2D eigenvalue weighted by atomic mass is 9.86. The Morgan fingerprint density at radius 3 is 2.52 bits per heavy atom. The molecule has 0 bridgehead atoms. The highest BCUT2D eigenvalue weighted by atomic mass is 32.2. The third kappa shape index (κ3) is 4.64. The molecule has 1 aliphatic heterocycles. The van der Waals surface area contributed by atoms with Gasteiger partial charge in [0.25, 0.3) is 0 Å². The molecule has 1 unspecified atom stereocenters. The third-order valence-corrected chi connectivity index (χ3v) is 7.98. The first-order valence-electron chi connectivity index (χ1n) is 10.7. The molecule has 9 heteroatoms. The minimum atomic E-state index is -3.09. The number of carbonyl (C=O) groups excluding carboxylic acids is 1. The summed E-state index contributed by atoms with van der Waals surface area (Å²) < 4.78 is 58.6. The molecule has 33 heavy (non-hydrogen) atoms. The first-order chi connectivity index (χ1) is 15.4. The fourth-order valence-corrected chi connectivity index (χ4v) is 6.73. The standard InChI is InChI=1S/C24H26F2N2O4S/c1-14(2)28-20-10-17(21(29)11-24(4)12-33(30,31)13-24)9-19(26)22(20)23(27-28)16-6-5-7-18(8-16)32-15(3)25/h5-10,14-15H,11-13H2,1-4H3. The Balaban J connectivity index is 1.77. The van der Waals surface area contributed by atoms with Gasteiger partial charge in [-0.1, -0.05) is 19.1 Å². The van der Waals surface area contributed by atoms with Crippen molar-refractivity contribution in [2.45, 2.75) is 46.5 Å². The molecule has 1 atom stereocenters. The molecule has 0 amide bonds. The van der Waals surface area contributed by atoms with Gasteiger partial charge in [-0.05, 0) is 38.1 Å². The maximum atomic E-state index is 15.4. The van der Waals surface area contributed by atoms with Gasteiger partial charge in [0.2, 0.25) is 6.36 Å². The van der Waals surface area contributed by atoms with Gasteiger partial charge in [-0.2, -0.15) is 5.10 Å². The fraction of sp³-hybridized carbons (Fsp3) is 0.417. The summed E-state index contributed by atoms with van der Waals surface area (Å²) in [7, 11) is -3.09. The highest BCUT2D eigenvalue weighted by Crippen LogP contribution is 2.38. The molecule has 2 heterocycles. The van der Waals surface area contributed by atoms with Crippen molar-refractivity contribution in [1.29, 1.82) is 0 Å². The van der Waals surface area contributed by atoms with Gasteiger partial charge in [0, 0.05) is 35.9 Å². The number of aromatic nitrogens is 2. The van der Waals surface area contributed by atoms with Crippen LogP contribution in [0.4, 0.5) is 8.78 Å². The molecular formula is C24H26F2N2O4S. The quantitative estimate of drug-likeness (QED) is 0.442. The van der Waals surface area contributed by atoms with E-state index in [1.165, 1.54) is 13.0 Å². The van der Waals surface area contributed by atoms with Crippen LogP contribution in [0.2, 0.25) is 0 Å². The number of hydrogen-bond acceptors (Lipinski definition) is 5. The summed E-state index contributed by atoms with van der Waals surface area (Å²) in [5.74, 6) is -0.695. The van der Waals surface area contributed by atoms with E-state index < -0.39 is 27.4 Å². The molecule has 4 rings (SSSR count). The van der Waals surface area contributed by atoms with Crippen LogP contribution in [0.25, 0.3) is 22.2 Å². The van der Waals surface area contributed by atoms with E-state index >= 15 is 4.39 Å². The number of ketones is 1. The molecule has 6 nitrogen and oxygen atoms in total. The van der Waals surface area contributed by atoms with Gasteiger partial charge in [0.1, 0.15) is 17.3 Å². The van der Waals surface area contributed by atoms with Crippen molar-refractivity contribution in [3.05, 3.63) is 47.8 Å². The molecule has 176 valence electrons. The van der Waals surface area contributed by atoms with E-state index in [4.69, 9.17) is 4.74 Å². The summed E-state index contributed by atoms with van der Waals surface area (Å²) in [5.41, 5.74) is 0.938. The van der Waals surface area contributed by atoms with E-state index in [1.54, 1.807) is 41.9 Å². The highest BCUT2D eigenvalue weighted by Gasteiger charge is 2.45. The summed E-state index contributed by atoms with van der Waals surface area (Å²) >= 11 is 0. The molecule has 0 aliphatic carbocycles. The van der Waals surface area contributed by atoms with Crippen molar-refractivity contribution in [2.24, 2.45) is 5.41 Å². The van der Waals surface area contributed by atoms with Gasteiger partial charge in [-0.25, -0.2) is 17.2 Å². The van der Waals surface area contributed by atoms with Crippen molar-refractivity contribution >= 4 is 26.5 Å². The minimum absolute atomic E-state index is 0.0284. The summed E-state index contributed by atoms with van der Waals surface area (Å²) in [6.45, 7) is 6.82. The molecule has 0 spiro atoms. The number of hydrogen-bond donors (Lipinski definition) is 0. The fourth-order valence-electron chi connectivity index (χ4n) is 4.49. The maximum Gasteiger partial charge on any atom is 0.235 e. The zero-order chi connectivity index (χ0) is 24.1. The van der Waals surface area contributed by atoms with Crippen LogP contribution in [-0.2, 0) is 9.84 Å². The van der Waals surface area contributed by atoms with E-state index in [0.29, 0.717) is 22.5 Å². The Labute approximate surface area is 191 Å². The number of alkyl halides is 1. The number of nitrogens with zero attached hydrogens (tertiary/aromatic N) is 2. The summed E-state index contributed by atoms with van der Waals surface area (Å²) in [6, 6.07) is 9.29. The van der Waals surface area contributed by atoms with Crippen LogP contribution in [0.5, 0.6) is 5.75 Å². The van der Waals surface area contributed by atoms with Crippen molar-refractivity contribution in [3.8, 4) is 17.0 Å². The Bertz CT molecular complexity index is 1330. The van der Waals surface area contributed by atoms with Gasteiger partial charge in [-0.15, -0.1) is 0 Å². The van der Waals surface area contributed by atoms with Crippen LogP contribution in [0, 0.1) is 11.2 Å². The SMILES string of the molecule is CC(F)Oc1cccc(-c2nn(C(C)C)c3cc(C(=O)CC4(C)CS(=O)(=O)C4)cc(F)c23)c1. The number of benzene rings is 2. The van der Waals surface area contributed by atoms with Crippen LogP contribution >= 0.6 is 0 Å². The molecule has 1 fully saturated rings.